The third kappa shape index (κ3) is 6.30. The molecule has 0 aliphatic carbocycles. The highest BCUT2D eigenvalue weighted by Gasteiger charge is 2.17. The van der Waals surface area contributed by atoms with Crippen LogP contribution in [0.1, 0.15) is 24.8 Å². The van der Waals surface area contributed by atoms with Crippen LogP contribution in [0.4, 0.5) is 17.2 Å². The number of nitrogens with one attached hydrogen (secondary N) is 2. The molecule has 0 fully saturated rings. The zero-order chi connectivity index (χ0) is 24.1. The van der Waals surface area contributed by atoms with Crippen molar-refractivity contribution in [3.8, 4) is 10.6 Å². The Morgan fingerprint density at radius 3 is 2.50 bits per heavy atom. The quantitative estimate of drug-likeness (QED) is 0.167. The molecule has 0 spiro atoms. The van der Waals surface area contributed by atoms with Gasteiger partial charge < -0.3 is 15.4 Å². The summed E-state index contributed by atoms with van der Waals surface area (Å²) in [5.74, 6) is 1.02. The number of hydrogen-bond donors (Lipinski definition) is 2. The predicted molar refractivity (Wildman–Crippen MR) is 140 cm³/mol. The fraction of sp³-hybridized carbons (Fsp3) is 0.391. The maximum absolute atomic E-state index is 5.87. The molecule has 0 bridgehead atoms. The molecule has 0 radical (unpaired) electrons. The van der Waals surface area contributed by atoms with E-state index in [2.05, 4.69) is 69.3 Å². The standard InChI is InChI=1S/C23H30N8OSSi/c1-15(2)22-30-31-23(33-22)18-9-19-20(29-21(18)27-14-32-6-7-34(3,4)5)8-16(12-26-19)28-17-10-24-13-25-11-17/h8-13,15,28H,6-7,14H2,1-5H3,(H,27,29). The van der Waals surface area contributed by atoms with Gasteiger partial charge in [0.1, 0.15) is 23.9 Å². The summed E-state index contributed by atoms with van der Waals surface area (Å²) in [6.07, 6.45) is 6.68. The molecule has 0 atom stereocenters. The smallest absolute Gasteiger partial charge is 0.151 e. The molecular weight excluding hydrogens is 464 g/mol. The van der Waals surface area contributed by atoms with Crippen LogP contribution in [0.2, 0.25) is 25.7 Å². The molecule has 2 N–H and O–H groups in total. The molecule has 0 unspecified atom stereocenters. The second-order valence-electron chi connectivity index (χ2n) is 9.54. The van der Waals surface area contributed by atoms with Crippen LogP contribution in [0.5, 0.6) is 0 Å². The predicted octanol–water partition coefficient (Wildman–Crippen LogP) is 5.53. The lowest BCUT2D eigenvalue weighted by Gasteiger charge is -2.16. The molecule has 0 amide bonds. The molecule has 4 rings (SSSR count). The van der Waals surface area contributed by atoms with Gasteiger partial charge in [-0.15, -0.1) is 10.2 Å². The molecule has 9 nitrogen and oxygen atoms in total. The van der Waals surface area contributed by atoms with Crippen molar-refractivity contribution < 1.29 is 4.74 Å². The minimum absolute atomic E-state index is 0.315. The Kier molecular flexibility index (Phi) is 7.44. The van der Waals surface area contributed by atoms with Crippen molar-refractivity contribution in [3.63, 3.8) is 0 Å². The SMILES string of the molecule is CC(C)c1nnc(-c2cc3ncc(Nc4cncnc4)cc3nc2NCOCC[Si](C)(C)C)s1. The summed E-state index contributed by atoms with van der Waals surface area (Å²) >= 11 is 1.58. The fourth-order valence-electron chi connectivity index (χ4n) is 3.09. The number of rotatable bonds is 10. The van der Waals surface area contributed by atoms with E-state index in [9.17, 15) is 0 Å². The molecule has 0 aromatic carbocycles. The maximum atomic E-state index is 5.87. The summed E-state index contributed by atoms with van der Waals surface area (Å²) < 4.78 is 5.87. The lowest BCUT2D eigenvalue weighted by molar-refractivity contribution is 0.165. The summed E-state index contributed by atoms with van der Waals surface area (Å²) in [4.78, 5) is 17.6. The number of fused-ring (bicyclic) bond motifs is 1. The van der Waals surface area contributed by atoms with Crippen molar-refractivity contribution >= 4 is 47.6 Å². The zero-order valence-corrected chi connectivity index (χ0v) is 22.0. The normalized spacial score (nSPS) is 11.8. The number of pyridine rings is 2. The van der Waals surface area contributed by atoms with Crippen LogP contribution in [0, 0.1) is 0 Å². The van der Waals surface area contributed by atoms with Gasteiger partial charge in [0.25, 0.3) is 0 Å². The van der Waals surface area contributed by atoms with Crippen LogP contribution in [0.3, 0.4) is 0 Å². The van der Waals surface area contributed by atoms with Crippen LogP contribution in [-0.4, -0.2) is 51.5 Å². The van der Waals surface area contributed by atoms with Crippen LogP contribution in [0.15, 0.2) is 37.1 Å². The average molecular weight is 495 g/mol. The van der Waals surface area contributed by atoms with Gasteiger partial charge in [-0.1, -0.05) is 44.8 Å². The lowest BCUT2D eigenvalue weighted by Crippen LogP contribution is -2.22. The van der Waals surface area contributed by atoms with Gasteiger partial charge in [0, 0.05) is 20.6 Å². The first kappa shape index (κ1) is 24.1. The lowest BCUT2D eigenvalue weighted by atomic mass is 10.2. The molecule has 4 aromatic heterocycles. The van der Waals surface area contributed by atoms with E-state index in [1.54, 1.807) is 29.9 Å². The van der Waals surface area contributed by atoms with E-state index < -0.39 is 8.07 Å². The Bertz CT molecular complexity index is 1240. The number of hydrogen-bond acceptors (Lipinski definition) is 10. The van der Waals surface area contributed by atoms with Gasteiger partial charge in [-0.25, -0.2) is 15.0 Å². The summed E-state index contributed by atoms with van der Waals surface area (Å²) in [7, 11) is -1.14. The number of ether oxygens (including phenoxy) is 1. The van der Waals surface area contributed by atoms with Gasteiger partial charge in [0.15, 0.2) is 5.01 Å². The van der Waals surface area contributed by atoms with Crippen LogP contribution < -0.4 is 10.6 Å². The van der Waals surface area contributed by atoms with Gasteiger partial charge in [0.05, 0.1) is 46.6 Å². The summed E-state index contributed by atoms with van der Waals surface area (Å²) in [5, 5.41) is 17.2. The molecule has 0 aliphatic rings. The highest BCUT2D eigenvalue weighted by atomic mass is 32.1. The molecule has 11 heteroatoms. The molecule has 34 heavy (non-hydrogen) atoms. The number of nitrogens with zero attached hydrogens (tertiary/aromatic N) is 6. The molecule has 4 heterocycles. The van der Waals surface area contributed by atoms with E-state index in [0.29, 0.717) is 18.5 Å². The Morgan fingerprint density at radius 2 is 1.79 bits per heavy atom. The second kappa shape index (κ2) is 10.5. The summed E-state index contributed by atoms with van der Waals surface area (Å²) in [5.41, 5.74) is 3.98. The molecule has 0 aliphatic heterocycles. The Balaban J connectivity index is 1.62. The monoisotopic (exact) mass is 494 g/mol. The van der Waals surface area contributed by atoms with Gasteiger partial charge >= 0.3 is 0 Å². The third-order valence-electron chi connectivity index (χ3n) is 5.02. The molecular formula is C23H30N8OSSi. The van der Waals surface area contributed by atoms with Crippen molar-refractivity contribution in [1.29, 1.82) is 0 Å². The first-order valence-corrected chi connectivity index (χ1v) is 15.8. The summed E-state index contributed by atoms with van der Waals surface area (Å²) in [6, 6.07) is 5.08. The van der Waals surface area contributed by atoms with Gasteiger partial charge in [0.2, 0.25) is 0 Å². The minimum atomic E-state index is -1.14. The van der Waals surface area contributed by atoms with Crippen molar-refractivity contribution in [2.75, 3.05) is 24.0 Å². The van der Waals surface area contributed by atoms with Crippen molar-refractivity contribution in [3.05, 3.63) is 42.1 Å². The summed E-state index contributed by atoms with van der Waals surface area (Å²) in [6.45, 7) is 12.4. The Hall–Kier alpha value is -3.02. The number of aromatic nitrogens is 6. The van der Waals surface area contributed by atoms with E-state index >= 15 is 0 Å². The van der Waals surface area contributed by atoms with E-state index in [-0.39, 0.29) is 0 Å². The fourth-order valence-corrected chi connectivity index (χ4v) is 4.71. The van der Waals surface area contributed by atoms with E-state index in [1.807, 2.05) is 12.1 Å². The van der Waals surface area contributed by atoms with Crippen LogP contribution in [0.25, 0.3) is 21.6 Å². The first-order chi connectivity index (χ1) is 16.3. The zero-order valence-electron chi connectivity index (χ0n) is 20.2. The van der Waals surface area contributed by atoms with Crippen molar-refractivity contribution in [2.24, 2.45) is 0 Å². The molecule has 0 saturated heterocycles. The average Bonchev–Trinajstić information content (AvgIpc) is 3.29. The Morgan fingerprint density at radius 1 is 1.00 bits per heavy atom. The van der Waals surface area contributed by atoms with E-state index in [0.717, 1.165) is 50.6 Å². The molecule has 178 valence electrons. The Labute approximate surface area is 204 Å². The maximum Gasteiger partial charge on any atom is 0.151 e. The van der Waals surface area contributed by atoms with Gasteiger partial charge in [-0.3, -0.25) is 4.98 Å². The van der Waals surface area contributed by atoms with Crippen molar-refractivity contribution in [1.82, 2.24) is 30.1 Å². The first-order valence-electron chi connectivity index (χ1n) is 11.3. The number of anilines is 3. The highest BCUT2D eigenvalue weighted by molar-refractivity contribution is 7.14. The van der Waals surface area contributed by atoms with Crippen LogP contribution in [-0.2, 0) is 4.74 Å². The van der Waals surface area contributed by atoms with Crippen molar-refractivity contribution in [2.45, 2.75) is 45.5 Å². The van der Waals surface area contributed by atoms with Gasteiger partial charge in [-0.05, 0) is 18.2 Å². The largest absolute Gasteiger partial charge is 0.362 e. The molecule has 4 aromatic rings. The third-order valence-corrected chi connectivity index (χ3v) is 7.98. The van der Waals surface area contributed by atoms with Crippen LogP contribution >= 0.6 is 11.3 Å². The molecule has 0 saturated carbocycles. The highest BCUT2D eigenvalue weighted by Crippen LogP contribution is 2.34. The topological polar surface area (TPSA) is 111 Å². The van der Waals surface area contributed by atoms with E-state index in [1.165, 1.54) is 6.33 Å². The minimum Gasteiger partial charge on any atom is -0.362 e. The second-order valence-corrected chi connectivity index (χ2v) is 16.2. The van der Waals surface area contributed by atoms with Gasteiger partial charge in [-0.2, -0.15) is 0 Å². The van der Waals surface area contributed by atoms with E-state index in [4.69, 9.17) is 9.72 Å².